The van der Waals surface area contributed by atoms with Gasteiger partial charge in [-0.1, -0.05) is 48.5 Å². The summed E-state index contributed by atoms with van der Waals surface area (Å²) in [4.78, 5) is 12.5. The summed E-state index contributed by atoms with van der Waals surface area (Å²) in [5, 5.41) is -0.193. The molecule has 4 heteroatoms. The maximum Gasteiger partial charge on any atom is 0.320 e. The van der Waals surface area contributed by atoms with E-state index < -0.39 is 0 Å². The van der Waals surface area contributed by atoms with Crippen LogP contribution in [-0.4, -0.2) is 29.8 Å². The fraction of sp³-hybridized carbons (Fsp3) is 0.278. The van der Waals surface area contributed by atoms with Crippen LogP contribution >= 0.6 is 23.5 Å². The Labute approximate surface area is 138 Å². The number of carbonyl (C=O) groups excluding carboxylic acids is 1. The molecular weight excluding hydrogens is 312 g/mol. The van der Waals surface area contributed by atoms with Gasteiger partial charge in [-0.2, -0.15) is 0 Å². The van der Waals surface area contributed by atoms with E-state index in [0.717, 1.165) is 11.5 Å². The highest BCUT2D eigenvalue weighted by Crippen LogP contribution is 2.61. The number of methoxy groups -OCH3 is 1. The van der Waals surface area contributed by atoms with E-state index in [1.165, 1.54) is 29.4 Å². The first kappa shape index (κ1) is 14.2. The number of carbonyl (C=O) groups is 1. The van der Waals surface area contributed by atoms with E-state index in [2.05, 4.69) is 48.5 Å². The number of hydrogen-bond donors (Lipinski definition) is 0. The molecule has 2 nitrogen and oxygen atoms in total. The van der Waals surface area contributed by atoms with E-state index >= 15 is 0 Å². The van der Waals surface area contributed by atoms with Crippen molar-refractivity contribution in [1.29, 1.82) is 0 Å². The van der Waals surface area contributed by atoms with Crippen molar-refractivity contribution in [2.45, 2.75) is 10.00 Å². The maximum atomic E-state index is 12.5. The van der Waals surface area contributed by atoms with Crippen LogP contribution in [0.1, 0.15) is 11.1 Å². The first-order valence-electron chi connectivity index (χ1n) is 7.32. The second-order valence-corrected chi connectivity index (χ2v) is 8.00. The molecule has 2 aromatic rings. The zero-order valence-corrected chi connectivity index (χ0v) is 13.9. The molecule has 4 rings (SSSR count). The Kier molecular flexibility index (Phi) is 3.46. The molecule has 1 unspecified atom stereocenters. The molecule has 1 saturated heterocycles. The summed E-state index contributed by atoms with van der Waals surface area (Å²) in [6, 6.07) is 17.0. The smallest absolute Gasteiger partial charge is 0.320 e. The van der Waals surface area contributed by atoms with Crippen molar-refractivity contribution in [3.05, 3.63) is 59.7 Å². The topological polar surface area (TPSA) is 26.3 Å². The molecular formula is C18H16O2S2. The third-order valence-corrected chi connectivity index (χ3v) is 7.69. The predicted molar refractivity (Wildman–Crippen MR) is 93.4 cm³/mol. The lowest BCUT2D eigenvalue weighted by Gasteiger charge is -2.40. The molecule has 112 valence electrons. The van der Waals surface area contributed by atoms with Crippen LogP contribution in [0.3, 0.4) is 0 Å². The molecule has 1 heterocycles. The van der Waals surface area contributed by atoms with Gasteiger partial charge in [-0.05, 0) is 22.3 Å². The molecule has 0 amide bonds. The number of esters is 1. The number of hydrogen-bond acceptors (Lipinski definition) is 4. The van der Waals surface area contributed by atoms with Crippen molar-refractivity contribution >= 4 is 29.5 Å². The number of fused-ring (bicyclic) bond motifs is 5. The first-order valence-corrected chi connectivity index (χ1v) is 9.35. The molecule has 1 aliphatic heterocycles. The molecule has 0 N–H and O–H groups in total. The van der Waals surface area contributed by atoms with Gasteiger partial charge in [-0.15, -0.1) is 23.5 Å². The van der Waals surface area contributed by atoms with Gasteiger partial charge >= 0.3 is 5.97 Å². The third-order valence-electron chi connectivity index (χ3n) is 4.43. The Morgan fingerprint density at radius 3 is 2.23 bits per heavy atom. The molecule has 2 aromatic carbocycles. The highest BCUT2D eigenvalue weighted by Gasteiger charge is 2.54. The Balaban J connectivity index is 2.01. The highest BCUT2D eigenvalue weighted by molar-refractivity contribution is 8.07. The Hall–Kier alpha value is -1.39. The average Bonchev–Trinajstić information content (AvgIpc) is 2.86. The Morgan fingerprint density at radius 2 is 1.64 bits per heavy atom. The standard InChI is InChI=1S/C18H16O2S2/c1-20-17(19)16-18(22-11-10-21-16)14-8-4-2-6-12(14)13-7-3-5-9-15(13)18/h2-9,16H,10-11H2,1H3. The summed E-state index contributed by atoms with van der Waals surface area (Å²) >= 11 is 3.61. The van der Waals surface area contributed by atoms with E-state index in [-0.39, 0.29) is 16.0 Å². The molecule has 0 radical (unpaired) electrons. The number of ether oxygens (including phenoxy) is 1. The van der Waals surface area contributed by atoms with Gasteiger partial charge in [-0.25, -0.2) is 0 Å². The van der Waals surface area contributed by atoms with Gasteiger partial charge in [0, 0.05) is 11.5 Å². The molecule has 1 atom stereocenters. The van der Waals surface area contributed by atoms with Crippen LogP contribution in [0.15, 0.2) is 48.5 Å². The van der Waals surface area contributed by atoms with Crippen LogP contribution in [0.2, 0.25) is 0 Å². The minimum Gasteiger partial charge on any atom is -0.468 e. The zero-order chi connectivity index (χ0) is 15.2. The lowest BCUT2D eigenvalue weighted by Crippen LogP contribution is -2.43. The maximum absolute atomic E-state index is 12.5. The van der Waals surface area contributed by atoms with Crippen LogP contribution in [0.4, 0.5) is 0 Å². The van der Waals surface area contributed by atoms with Crippen LogP contribution in [-0.2, 0) is 14.3 Å². The van der Waals surface area contributed by atoms with Gasteiger partial charge in [0.1, 0.15) is 5.25 Å². The van der Waals surface area contributed by atoms with E-state index in [4.69, 9.17) is 4.74 Å². The van der Waals surface area contributed by atoms with Gasteiger partial charge < -0.3 is 4.74 Å². The van der Waals surface area contributed by atoms with Crippen LogP contribution in [0.5, 0.6) is 0 Å². The highest BCUT2D eigenvalue weighted by atomic mass is 32.2. The van der Waals surface area contributed by atoms with Crippen molar-refractivity contribution in [3.63, 3.8) is 0 Å². The number of rotatable bonds is 1. The molecule has 1 aliphatic carbocycles. The minimum atomic E-state index is -0.316. The van der Waals surface area contributed by atoms with E-state index in [1.54, 1.807) is 11.8 Å². The number of thioether (sulfide) groups is 2. The summed E-state index contributed by atoms with van der Waals surface area (Å²) in [6.45, 7) is 0. The Morgan fingerprint density at radius 1 is 1.05 bits per heavy atom. The molecule has 1 fully saturated rings. The number of benzene rings is 2. The third kappa shape index (κ3) is 1.80. The molecule has 1 spiro atoms. The summed E-state index contributed by atoms with van der Waals surface area (Å²) in [5.74, 6) is 1.90. The SMILES string of the molecule is COC(=O)C1SCCSC12c1ccccc1-c1ccccc12. The van der Waals surface area contributed by atoms with Crippen molar-refractivity contribution in [2.75, 3.05) is 18.6 Å². The lowest BCUT2D eigenvalue weighted by atomic mass is 9.91. The zero-order valence-electron chi connectivity index (χ0n) is 12.2. The van der Waals surface area contributed by atoms with Crippen LogP contribution < -0.4 is 0 Å². The summed E-state index contributed by atoms with van der Waals surface area (Å²) in [5.41, 5.74) is 5.01. The van der Waals surface area contributed by atoms with E-state index in [1.807, 2.05) is 11.8 Å². The predicted octanol–water partition coefficient (Wildman–Crippen LogP) is 3.93. The van der Waals surface area contributed by atoms with Crippen molar-refractivity contribution in [2.24, 2.45) is 0 Å². The van der Waals surface area contributed by atoms with Gasteiger partial charge in [0.15, 0.2) is 0 Å². The van der Waals surface area contributed by atoms with Crippen molar-refractivity contribution in [1.82, 2.24) is 0 Å². The molecule has 0 bridgehead atoms. The second kappa shape index (κ2) is 5.36. The van der Waals surface area contributed by atoms with Gasteiger partial charge in [0.2, 0.25) is 0 Å². The summed E-state index contributed by atoms with van der Waals surface area (Å²) in [6.07, 6.45) is 0. The summed E-state index contributed by atoms with van der Waals surface area (Å²) < 4.78 is 4.82. The lowest BCUT2D eigenvalue weighted by molar-refractivity contribution is -0.140. The normalized spacial score (nSPS) is 21.2. The quantitative estimate of drug-likeness (QED) is 0.741. The van der Waals surface area contributed by atoms with Crippen molar-refractivity contribution < 1.29 is 9.53 Å². The van der Waals surface area contributed by atoms with Crippen molar-refractivity contribution in [3.8, 4) is 11.1 Å². The second-order valence-electron chi connectivity index (χ2n) is 5.45. The fourth-order valence-corrected chi connectivity index (χ4v) is 6.89. The van der Waals surface area contributed by atoms with E-state index in [9.17, 15) is 4.79 Å². The molecule has 0 aromatic heterocycles. The molecule has 0 saturated carbocycles. The van der Waals surface area contributed by atoms with Crippen LogP contribution in [0, 0.1) is 0 Å². The largest absolute Gasteiger partial charge is 0.468 e. The van der Waals surface area contributed by atoms with E-state index in [0.29, 0.717) is 0 Å². The molecule has 22 heavy (non-hydrogen) atoms. The average molecular weight is 328 g/mol. The van der Waals surface area contributed by atoms with Gasteiger partial charge in [-0.3, -0.25) is 4.79 Å². The fourth-order valence-electron chi connectivity index (χ4n) is 3.57. The Bertz CT molecular complexity index is 696. The monoisotopic (exact) mass is 328 g/mol. The van der Waals surface area contributed by atoms with Gasteiger partial charge in [0.25, 0.3) is 0 Å². The first-order chi connectivity index (χ1) is 10.8. The summed E-state index contributed by atoms with van der Waals surface area (Å²) in [7, 11) is 1.49. The van der Waals surface area contributed by atoms with Gasteiger partial charge in [0.05, 0.1) is 11.9 Å². The van der Waals surface area contributed by atoms with Crippen LogP contribution in [0.25, 0.3) is 11.1 Å². The minimum absolute atomic E-state index is 0.122. The molecule has 2 aliphatic rings.